The highest BCUT2D eigenvalue weighted by molar-refractivity contribution is 7.18. The number of pyridine rings is 1. The summed E-state index contributed by atoms with van der Waals surface area (Å²) in [5.74, 6) is 1.89. The summed E-state index contributed by atoms with van der Waals surface area (Å²) in [6.45, 7) is 6.76. The first-order chi connectivity index (χ1) is 13.8. The van der Waals surface area contributed by atoms with E-state index in [1.807, 2.05) is 25.3 Å². The first-order valence-electron chi connectivity index (χ1n) is 9.18. The molecule has 4 heterocycles. The lowest BCUT2D eigenvalue weighted by molar-refractivity contribution is 0.0320. The molecule has 0 aliphatic carbocycles. The maximum Gasteiger partial charge on any atom is 0.218 e. The van der Waals surface area contributed by atoms with Crippen LogP contribution in [0.1, 0.15) is 5.82 Å². The standard InChI is InChI=1S/C19H22N6O2S.ClH/c1-14-22-17(12-18(23-14)27-11-8-25-6-9-26-10-7-25)24-19-21-13-16(28-19)15-2-4-20-5-3-15;/h2-5,12-13H,6-11H2,1H3,(H,21,22,23,24);1H. The van der Waals surface area contributed by atoms with Gasteiger partial charge in [0.15, 0.2) is 5.13 Å². The van der Waals surface area contributed by atoms with E-state index in [2.05, 4.69) is 30.2 Å². The molecule has 0 atom stereocenters. The molecular weight excluding hydrogens is 412 g/mol. The van der Waals surface area contributed by atoms with E-state index in [0.29, 0.717) is 24.1 Å². The third-order valence-electron chi connectivity index (χ3n) is 4.28. The van der Waals surface area contributed by atoms with Crippen LogP contribution in [-0.2, 0) is 4.74 Å². The molecule has 0 amide bonds. The van der Waals surface area contributed by atoms with Gasteiger partial charge in [-0.05, 0) is 24.6 Å². The van der Waals surface area contributed by atoms with Crippen LogP contribution in [0.25, 0.3) is 10.4 Å². The Balaban J connectivity index is 0.00000240. The fourth-order valence-electron chi connectivity index (χ4n) is 2.87. The van der Waals surface area contributed by atoms with Gasteiger partial charge in [-0.2, -0.15) is 4.98 Å². The highest BCUT2D eigenvalue weighted by atomic mass is 35.5. The number of morpholine rings is 1. The van der Waals surface area contributed by atoms with Crippen molar-refractivity contribution >= 4 is 34.7 Å². The summed E-state index contributed by atoms with van der Waals surface area (Å²) in [5, 5.41) is 4.02. The molecule has 1 N–H and O–H groups in total. The molecule has 1 saturated heterocycles. The molecule has 0 unspecified atom stereocenters. The molecule has 0 bridgehead atoms. The number of aromatic nitrogens is 4. The zero-order valence-electron chi connectivity index (χ0n) is 16.1. The van der Waals surface area contributed by atoms with Crippen molar-refractivity contribution in [3.8, 4) is 16.3 Å². The van der Waals surface area contributed by atoms with Gasteiger partial charge in [0, 0.05) is 44.3 Å². The number of hydrogen-bond acceptors (Lipinski definition) is 9. The molecule has 0 aromatic carbocycles. The lowest BCUT2D eigenvalue weighted by Crippen LogP contribution is -2.38. The molecule has 1 fully saturated rings. The van der Waals surface area contributed by atoms with Gasteiger partial charge in [-0.25, -0.2) is 9.97 Å². The predicted molar refractivity (Wildman–Crippen MR) is 115 cm³/mol. The third-order valence-corrected chi connectivity index (χ3v) is 5.24. The third kappa shape index (κ3) is 6.07. The van der Waals surface area contributed by atoms with Gasteiger partial charge in [0.05, 0.1) is 18.1 Å². The Hall–Kier alpha value is -2.33. The smallest absolute Gasteiger partial charge is 0.218 e. The first kappa shape index (κ1) is 21.4. The molecule has 154 valence electrons. The average Bonchev–Trinajstić information content (AvgIpc) is 3.17. The minimum absolute atomic E-state index is 0. The molecule has 10 heteroatoms. The normalized spacial score (nSPS) is 14.2. The minimum atomic E-state index is 0. The monoisotopic (exact) mass is 434 g/mol. The molecule has 0 spiro atoms. The van der Waals surface area contributed by atoms with Gasteiger partial charge in [-0.1, -0.05) is 11.3 Å². The fourth-order valence-corrected chi connectivity index (χ4v) is 3.70. The van der Waals surface area contributed by atoms with E-state index >= 15 is 0 Å². The Bertz CT molecular complexity index is 905. The molecule has 0 saturated carbocycles. The van der Waals surface area contributed by atoms with E-state index in [-0.39, 0.29) is 12.4 Å². The van der Waals surface area contributed by atoms with Crippen LogP contribution < -0.4 is 10.1 Å². The molecule has 4 rings (SSSR count). The predicted octanol–water partition coefficient (Wildman–Crippen LogP) is 3.18. The summed E-state index contributed by atoms with van der Waals surface area (Å²) >= 11 is 1.56. The fraction of sp³-hybridized carbons (Fsp3) is 0.368. The van der Waals surface area contributed by atoms with Crippen LogP contribution in [0.2, 0.25) is 0 Å². The van der Waals surface area contributed by atoms with E-state index in [0.717, 1.165) is 48.4 Å². The molecule has 0 radical (unpaired) electrons. The van der Waals surface area contributed by atoms with Gasteiger partial charge in [0.2, 0.25) is 5.88 Å². The van der Waals surface area contributed by atoms with Crippen molar-refractivity contribution < 1.29 is 9.47 Å². The Morgan fingerprint density at radius 1 is 1.21 bits per heavy atom. The lowest BCUT2D eigenvalue weighted by atomic mass is 10.2. The quantitative estimate of drug-likeness (QED) is 0.606. The van der Waals surface area contributed by atoms with Crippen molar-refractivity contribution in [3.63, 3.8) is 0 Å². The summed E-state index contributed by atoms with van der Waals surface area (Å²) in [7, 11) is 0. The highest BCUT2D eigenvalue weighted by Gasteiger charge is 2.11. The summed E-state index contributed by atoms with van der Waals surface area (Å²) in [5.41, 5.74) is 1.09. The molecular formula is C19H23ClN6O2S. The van der Waals surface area contributed by atoms with Crippen molar-refractivity contribution in [1.82, 2.24) is 24.8 Å². The van der Waals surface area contributed by atoms with Crippen molar-refractivity contribution in [2.75, 3.05) is 44.8 Å². The number of halogens is 1. The van der Waals surface area contributed by atoms with Gasteiger partial charge >= 0.3 is 0 Å². The van der Waals surface area contributed by atoms with Gasteiger partial charge in [0.25, 0.3) is 0 Å². The van der Waals surface area contributed by atoms with Gasteiger partial charge in [0.1, 0.15) is 18.2 Å². The van der Waals surface area contributed by atoms with E-state index in [1.54, 1.807) is 29.8 Å². The maximum atomic E-state index is 5.84. The number of ether oxygens (including phenoxy) is 2. The molecule has 8 nitrogen and oxygen atoms in total. The van der Waals surface area contributed by atoms with Gasteiger partial charge in [-0.3, -0.25) is 9.88 Å². The summed E-state index contributed by atoms with van der Waals surface area (Å²) < 4.78 is 11.2. The summed E-state index contributed by atoms with van der Waals surface area (Å²) in [4.78, 5) is 20.7. The number of rotatable bonds is 7. The van der Waals surface area contributed by atoms with E-state index in [1.165, 1.54) is 0 Å². The van der Waals surface area contributed by atoms with Crippen molar-refractivity contribution in [2.45, 2.75) is 6.92 Å². The number of nitrogens with zero attached hydrogens (tertiary/aromatic N) is 5. The SMILES string of the molecule is Cc1nc(Nc2ncc(-c3ccncc3)s2)cc(OCCN2CCOCC2)n1.Cl. The molecule has 3 aromatic rings. The average molecular weight is 435 g/mol. The second-order valence-electron chi connectivity index (χ2n) is 6.33. The van der Waals surface area contributed by atoms with E-state index in [4.69, 9.17) is 9.47 Å². The lowest BCUT2D eigenvalue weighted by Gasteiger charge is -2.26. The Labute approximate surface area is 179 Å². The summed E-state index contributed by atoms with van der Waals surface area (Å²) in [6.07, 6.45) is 5.39. The van der Waals surface area contributed by atoms with Crippen LogP contribution in [0.15, 0.2) is 36.8 Å². The van der Waals surface area contributed by atoms with Gasteiger partial charge < -0.3 is 14.8 Å². The number of aryl methyl sites for hydroxylation is 1. The number of hydrogen-bond donors (Lipinski definition) is 1. The number of thiazole rings is 1. The molecule has 3 aromatic heterocycles. The number of nitrogens with one attached hydrogen (secondary N) is 1. The van der Waals surface area contributed by atoms with Crippen LogP contribution >= 0.6 is 23.7 Å². The zero-order chi connectivity index (χ0) is 19.2. The van der Waals surface area contributed by atoms with Crippen LogP contribution in [0, 0.1) is 6.92 Å². The zero-order valence-corrected chi connectivity index (χ0v) is 17.7. The second-order valence-corrected chi connectivity index (χ2v) is 7.36. The largest absolute Gasteiger partial charge is 0.476 e. The molecule has 1 aliphatic rings. The van der Waals surface area contributed by atoms with E-state index in [9.17, 15) is 0 Å². The first-order valence-corrected chi connectivity index (χ1v) is 10.00. The van der Waals surface area contributed by atoms with Crippen molar-refractivity contribution in [2.24, 2.45) is 0 Å². The second kappa shape index (κ2) is 10.4. The van der Waals surface area contributed by atoms with Crippen molar-refractivity contribution in [3.05, 3.63) is 42.6 Å². The molecule has 29 heavy (non-hydrogen) atoms. The Morgan fingerprint density at radius 2 is 2.00 bits per heavy atom. The van der Waals surface area contributed by atoms with Gasteiger partial charge in [-0.15, -0.1) is 12.4 Å². The molecule has 1 aliphatic heterocycles. The van der Waals surface area contributed by atoms with Crippen LogP contribution in [-0.4, -0.2) is 64.3 Å². The van der Waals surface area contributed by atoms with Crippen LogP contribution in [0.5, 0.6) is 5.88 Å². The number of anilines is 2. The Morgan fingerprint density at radius 3 is 2.79 bits per heavy atom. The summed E-state index contributed by atoms with van der Waals surface area (Å²) in [6, 6.07) is 5.74. The van der Waals surface area contributed by atoms with E-state index < -0.39 is 0 Å². The van der Waals surface area contributed by atoms with Crippen LogP contribution in [0.4, 0.5) is 10.9 Å². The van der Waals surface area contributed by atoms with Crippen LogP contribution in [0.3, 0.4) is 0 Å². The highest BCUT2D eigenvalue weighted by Crippen LogP contribution is 2.30. The topological polar surface area (TPSA) is 85.3 Å². The maximum absolute atomic E-state index is 5.84. The minimum Gasteiger partial charge on any atom is -0.476 e. The van der Waals surface area contributed by atoms with Crippen molar-refractivity contribution in [1.29, 1.82) is 0 Å². The Kier molecular flexibility index (Phi) is 7.70.